The van der Waals surface area contributed by atoms with Gasteiger partial charge in [0.15, 0.2) is 5.96 Å². The van der Waals surface area contributed by atoms with Gasteiger partial charge in [0.1, 0.15) is 17.9 Å². The number of aliphatic imine (C=N–C) groups is 1. The number of ether oxygens (including phenoxy) is 1. The van der Waals surface area contributed by atoms with Gasteiger partial charge >= 0.3 is 6.36 Å². The Morgan fingerprint density at radius 1 is 1.20 bits per heavy atom. The van der Waals surface area contributed by atoms with Crippen LogP contribution in [0.1, 0.15) is 32.2 Å². The Hall–Kier alpha value is -2.05. The van der Waals surface area contributed by atoms with Crippen molar-refractivity contribution in [3.05, 3.63) is 42.0 Å². The number of nitrogens with one attached hydrogen (secondary N) is 2. The zero-order valence-electron chi connectivity index (χ0n) is 17.2. The van der Waals surface area contributed by atoms with Crippen LogP contribution in [0.2, 0.25) is 0 Å². The van der Waals surface area contributed by atoms with Crippen LogP contribution in [0.4, 0.5) is 13.2 Å². The van der Waals surface area contributed by atoms with Crippen molar-refractivity contribution >= 4 is 29.9 Å². The van der Waals surface area contributed by atoms with E-state index < -0.39 is 6.36 Å². The van der Waals surface area contributed by atoms with Gasteiger partial charge in [0.05, 0.1) is 6.54 Å². The van der Waals surface area contributed by atoms with Crippen molar-refractivity contribution in [2.45, 2.75) is 46.6 Å². The lowest BCUT2D eigenvalue weighted by Gasteiger charge is -2.15. The number of halogens is 4. The Morgan fingerprint density at radius 2 is 1.90 bits per heavy atom. The van der Waals surface area contributed by atoms with Gasteiger partial charge in [-0.25, -0.2) is 4.99 Å². The van der Waals surface area contributed by atoms with E-state index in [4.69, 9.17) is 0 Å². The van der Waals surface area contributed by atoms with E-state index in [0.29, 0.717) is 31.5 Å². The summed E-state index contributed by atoms with van der Waals surface area (Å²) in [6.45, 7) is 8.61. The first-order chi connectivity index (χ1) is 13.8. The number of rotatable bonds is 9. The zero-order valence-corrected chi connectivity index (χ0v) is 19.6. The molecule has 0 aliphatic heterocycles. The summed E-state index contributed by atoms with van der Waals surface area (Å²) in [7, 11) is 0. The summed E-state index contributed by atoms with van der Waals surface area (Å²) in [5.41, 5.74) is 0.775. The largest absolute Gasteiger partial charge is 0.573 e. The van der Waals surface area contributed by atoms with Crippen LogP contribution in [0.15, 0.2) is 35.6 Å². The minimum Gasteiger partial charge on any atom is -0.406 e. The molecule has 11 heteroatoms. The van der Waals surface area contributed by atoms with E-state index in [0.717, 1.165) is 24.4 Å². The maximum Gasteiger partial charge on any atom is 0.573 e. The van der Waals surface area contributed by atoms with E-state index >= 15 is 0 Å². The molecule has 0 amide bonds. The van der Waals surface area contributed by atoms with Crippen LogP contribution >= 0.6 is 24.0 Å². The lowest BCUT2D eigenvalue weighted by Crippen LogP contribution is -2.40. The van der Waals surface area contributed by atoms with E-state index in [1.165, 1.54) is 12.1 Å². The van der Waals surface area contributed by atoms with Crippen LogP contribution < -0.4 is 15.4 Å². The molecule has 0 aliphatic carbocycles. The fourth-order valence-corrected chi connectivity index (χ4v) is 2.48. The average Bonchev–Trinajstić information content (AvgIpc) is 3.11. The molecule has 0 atom stereocenters. The molecule has 0 saturated carbocycles. The summed E-state index contributed by atoms with van der Waals surface area (Å²) < 4.78 is 42.6. The fraction of sp³-hybridized carbons (Fsp3) is 0.526. The minimum atomic E-state index is -4.69. The second kappa shape index (κ2) is 12.6. The molecule has 0 fully saturated rings. The molecule has 0 radical (unpaired) electrons. The summed E-state index contributed by atoms with van der Waals surface area (Å²) in [5.74, 6) is 1.74. The first kappa shape index (κ1) is 26.0. The SMILES string of the molecule is CCc1nncn1CCNC(=NCc1ccc(OC(F)(F)F)cc1)NCC(C)C.I. The Bertz CT molecular complexity index is 777. The number of nitrogens with zero attached hydrogens (tertiary/aromatic N) is 4. The Morgan fingerprint density at radius 3 is 2.50 bits per heavy atom. The number of alkyl halides is 3. The summed E-state index contributed by atoms with van der Waals surface area (Å²) >= 11 is 0. The molecule has 0 unspecified atom stereocenters. The molecule has 2 N–H and O–H groups in total. The number of benzene rings is 1. The third-order valence-electron chi connectivity index (χ3n) is 3.91. The molecule has 0 bridgehead atoms. The lowest BCUT2D eigenvalue weighted by atomic mass is 10.2. The van der Waals surface area contributed by atoms with E-state index in [1.807, 2.05) is 11.5 Å². The van der Waals surface area contributed by atoms with E-state index in [1.54, 1.807) is 18.5 Å². The average molecular weight is 540 g/mol. The van der Waals surface area contributed by atoms with Crippen molar-refractivity contribution in [3.63, 3.8) is 0 Å². The van der Waals surface area contributed by atoms with Gasteiger partial charge < -0.3 is 19.9 Å². The smallest absolute Gasteiger partial charge is 0.406 e. The molecule has 1 aromatic carbocycles. The van der Waals surface area contributed by atoms with Gasteiger partial charge in [-0.1, -0.05) is 32.9 Å². The van der Waals surface area contributed by atoms with Crippen molar-refractivity contribution in [2.75, 3.05) is 13.1 Å². The lowest BCUT2D eigenvalue weighted by molar-refractivity contribution is -0.274. The molecule has 2 rings (SSSR count). The predicted octanol–water partition coefficient (Wildman–Crippen LogP) is 3.75. The zero-order chi connectivity index (χ0) is 21.3. The van der Waals surface area contributed by atoms with Gasteiger partial charge in [0.25, 0.3) is 0 Å². The van der Waals surface area contributed by atoms with Gasteiger partial charge in [-0.15, -0.1) is 47.3 Å². The fourth-order valence-electron chi connectivity index (χ4n) is 2.48. The maximum atomic E-state index is 12.2. The second-order valence-corrected chi connectivity index (χ2v) is 6.85. The van der Waals surface area contributed by atoms with Gasteiger partial charge in [-0.2, -0.15) is 0 Å². The number of aromatic nitrogens is 3. The van der Waals surface area contributed by atoms with Crippen LogP contribution in [-0.4, -0.2) is 40.2 Å². The normalized spacial score (nSPS) is 11.9. The van der Waals surface area contributed by atoms with Gasteiger partial charge in [-0.3, -0.25) is 0 Å². The van der Waals surface area contributed by atoms with Crippen molar-refractivity contribution in [2.24, 2.45) is 10.9 Å². The Kier molecular flexibility index (Phi) is 10.9. The molecule has 2 aromatic rings. The highest BCUT2D eigenvalue weighted by Gasteiger charge is 2.30. The molecule has 0 spiro atoms. The van der Waals surface area contributed by atoms with Gasteiger partial charge in [-0.05, 0) is 23.6 Å². The summed E-state index contributed by atoms with van der Waals surface area (Å²) in [5, 5.41) is 14.5. The number of aryl methyl sites for hydroxylation is 1. The maximum absolute atomic E-state index is 12.2. The molecule has 1 aromatic heterocycles. The minimum absolute atomic E-state index is 0. The highest BCUT2D eigenvalue weighted by Crippen LogP contribution is 2.22. The van der Waals surface area contributed by atoms with Crippen molar-refractivity contribution in [1.82, 2.24) is 25.4 Å². The number of hydrogen-bond donors (Lipinski definition) is 2. The van der Waals surface area contributed by atoms with Crippen molar-refractivity contribution < 1.29 is 17.9 Å². The second-order valence-electron chi connectivity index (χ2n) is 6.85. The highest BCUT2D eigenvalue weighted by molar-refractivity contribution is 14.0. The topological polar surface area (TPSA) is 76.4 Å². The van der Waals surface area contributed by atoms with Crippen LogP contribution in [0.5, 0.6) is 5.75 Å². The molecule has 1 heterocycles. The highest BCUT2D eigenvalue weighted by atomic mass is 127. The number of hydrogen-bond acceptors (Lipinski definition) is 4. The summed E-state index contributed by atoms with van der Waals surface area (Å²) in [6.07, 6.45) is -2.19. The standard InChI is InChI=1S/C19H27F3N6O.HI/c1-4-17-27-26-13-28(17)10-9-23-18(24-11-14(2)3)25-12-15-5-7-16(8-6-15)29-19(20,21)22;/h5-8,13-14H,4,9-12H2,1-3H3,(H2,23,24,25);1H. The van der Waals surface area contributed by atoms with Crippen LogP contribution in [0.3, 0.4) is 0 Å². The predicted molar refractivity (Wildman–Crippen MR) is 120 cm³/mol. The third-order valence-corrected chi connectivity index (χ3v) is 3.91. The number of guanidine groups is 1. The molecule has 7 nitrogen and oxygen atoms in total. The summed E-state index contributed by atoms with van der Waals surface area (Å²) in [6, 6.07) is 5.70. The van der Waals surface area contributed by atoms with Gasteiger partial charge in [0, 0.05) is 26.1 Å². The van der Waals surface area contributed by atoms with Crippen LogP contribution in [0.25, 0.3) is 0 Å². The van der Waals surface area contributed by atoms with E-state index in [9.17, 15) is 13.2 Å². The first-order valence-corrected chi connectivity index (χ1v) is 9.50. The van der Waals surface area contributed by atoms with E-state index in [-0.39, 0.29) is 29.7 Å². The third kappa shape index (κ3) is 9.63. The van der Waals surface area contributed by atoms with Crippen LogP contribution in [0, 0.1) is 5.92 Å². The molecule has 30 heavy (non-hydrogen) atoms. The monoisotopic (exact) mass is 540 g/mol. The van der Waals surface area contributed by atoms with Gasteiger partial charge in [0.2, 0.25) is 0 Å². The Balaban J connectivity index is 0.00000450. The Labute approximate surface area is 191 Å². The van der Waals surface area contributed by atoms with Crippen LogP contribution in [-0.2, 0) is 19.5 Å². The quantitative estimate of drug-likeness (QED) is 0.288. The molecule has 0 aliphatic rings. The van der Waals surface area contributed by atoms with Crippen molar-refractivity contribution in [3.8, 4) is 5.75 Å². The van der Waals surface area contributed by atoms with Crippen molar-refractivity contribution in [1.29, 1.82) is 0 Å². The first-order valence-electron chi connectivity index (χ1n) is 9.50. The van der Waals surface area contributed by atoms with E-state index in [2.05, 4.69) is 44.4 Å². The summed E-state index contributed by atoms with van der Waals surface area (Å²) in [4.78, 5) is 4.52. The molecular weight excluding hydrogens is 512 g/mol. The molecule has 168 valence electrons. The molecular formula is C19H28F3IN6O. The molecule has 0 saturated heterocycles.